The Labute approximate surface area is 101 Å². The van der Waals surface area contributed by atoms with Gasteiger partial charge in [0, 0.05) is 12.8 Å². The molecule has 94 valence electrons. The van der Waals surface area contributed by atoms with E-state index in [0.717, 1.165) is 19.3 Å². The van der Waals surface area contributed by atoms with E-state index in [2.05, 4.69) is 0 Å². The van der Waals surface area contributed by atoms with Crippen molar-refractivity contribution in [1.82, 2.24) is 0 Å². The minimum Gasteiger partial charge on any atom is -0.469 e. The van der Waals surface area contributed by atoms with Gasteiger partial charge in [0.15, 0.2) is 0 Å². The second-order valence-corrected chi connectivity index (χ2v) is 4.72. The van der Waals surface area contributed by atoms with Gasteiger partial charge in [-0.3, -0.25) is 9.59 Å². The number of esters is 2. The number of rotatable bonds is 2. The fourth-order valence-corrected chi connectivity index (χ4v) is 2.83. The van der Waals surface area contributed by atoms with Gasteiger partial charge in [0.1, 0.15) is 6.10 Å². The highest BCUT2D eigenvalue weighted by atomic mass is 16.5. The smallest absolute Gasteiger partial charge is 0.309 e. The molecule has 1 saturated carbocycles. The van der Waals surface area contributed by atoms with E-state index in [-0.39, 0.29) is 29.9 Å². The van der Waals surface area contributed by atoms with Gasteiger partial charge < -0.3 is 9.47 Å². The summed E-state index contributed by atoms with van der Waals surface area (Å²) in [5.41, 5.74) is 0. The highest BCUT2D eigenvalue weighted by molar-refractivity contribution is 5.77. The van der Waals surface area contributed by atoms with Gasteiger partial charge in [0.2, 0.25) is 0 Å². The van der Waals surface area contributed by atoms with Gasteiger partial charge in [0.25, 0.3) is 0 Å². The third-order valence-corrected chi connectivity index (χ3v) is 3.62. The lowest BCUT2D eigenvalue weighted by Crippen LogP contribution is -2.19. The van der Waals surface area contributed by atoms with E-state index in [1.807, 2.05) is 12.2 Å². The first-order valence-corrected chi connectivity index (χ1v) is 6.07. The largest absolute Gasteiger partial charge is 0.469 e. The first-order valence-electron chi connectivity index (χ1n) is 6.07. The summed E-state index contributed by atoms with van der Waals surface area (Å²) in [7, 11) is 1.41. The lowest BCUT2D eigenvalue weighted by Gasteiger charge is -2.14. The molecule has 0 aliphatic heterocycles. The Kier molecular flexibility index (Phi) is 3.50. The summed E-state index contributed by atoms with van der Waals surface area (Å²) in [4.78, 5) is 22.7. The molecule has 0 heterocycles. The summed E-state index contributed by atoms with van der Waals surface area (Å²) >= 11 is 0. The molecule has 4 atom stereocenters. The molecule has 2 aliphatic carbocycles. The van der Waals surface area contributed by atoms with E-state index in [1.165, 1.54) is 14.0 Å². The van der Waals surface area contributed by atoms with Crippen LogP contribution in [0.15, 0.2) is 12.2 Å². The molecule has 0 spiro atoms. The number of methoxy groups -OCH3 is 1. The predicted octanol–water partition coefficient (Wildman–Crippen LogP) is 1.69. The van der Waals surface area contributed by atoms with Gasteiger partial charge in [-0.15, -0.1) is 0 Å². The predicted molar refractivity (Wildman–Crippen MR) is 61.0 cm³/mol. The molecule has 0 aromatic carbocycles. The monoisotopic (exact) mass is 238 g/mol. The summed E-state index contributed by atoms with van der Waals surface area (Å²) in [6.45, 7) is 1.40. The van der Waals surface area contributed by atoms with E-state index < -0.39 is 0 Å². The average molecular weight is 238 g/mol. The maximum absolute atomic E-state index is 11.6. The SMILES string of the molecule is COC(=O)[C@H]1[C@H]2CCC/C=C\[C@@H](OC(C)=O)[C@H]21. The number of hydrogen-bond acceptors (Lipinski definition) is 4. The Morgan fingerprint density at radius 2 is 2.12 bits per heavy atom. The van der Waals surface area contributed by atoms with Gasteiger partial charge >= 0.3 is 11.9 Å². The summed E-state index contributed by atoms with van der Waals surface area (Å²) in [5.74, 6) is -0.131. The van der Waals surface area contributed by atoms with Crippen molar-refractivity contribution in [3.8, 4) is 0 Å². The Hall–Kier alpha value is -1.32. The number of ether oxygens (including phenoxy) is 2. The number of fused-ring (bicyclic) bond motifs is 1. The molecule has 0 N–H and O–H groups in total. The topological polar surface area (TPSA) is 52.6 Å². The fourth-order valence-electron chi connectivity index (χ4n) is 2.83. The minimum absolute atomic E-state index is 0.0906. The number of carbonyl (C=O) groups excluding carboxylic acids is 2. The Bertz CT molecular complexity index is 347. The van der Waals surface area contributed by atoms with Crippen molar-refractivity contribution in [2.45, 2.75) is 32.3 Å². The van der Waals surface area contributed by atoms with E-state index in [4.69, 9.17) is 9.47 Å². The van der Waals surface area contributed by atoms with Crippen LogP contribution >= 0.6 is 0 Å². The zero-order valence-electron chi connectivity index (χ0n) is 10.2. The van der Waals surface area contributed by atoms with Gasteiger partial charge in [-0.2, -0.15) is 0 Å². The van der Waals surface area contributed by atoms with Crippen LogP contribution in [0, 0.1) is 17.8 Å². The molecule has 0 amide bonds. The second-order valence-electron chi connectivity index (χ2n) is 4.72. The molecule has 2 aliphatic rings. The van der Waals surface area contributed by atoms with Crippen molar-refractivity contribution in [3.05, 3.63) is 12.2 Å². The maximum Gasteiger partial charge on any atom is 0.309 e. The van der Waals surface area contributed by atoms with Crippen LogP contribution in [0.2, 0.25) is 0 Å². The number of allylic oxidation sites excluding steroid dienone is 1. The lowest BCUT2D eigenvalue weighted by atomic mass is 10.0. The zero-order chi connectivity index (χ0) is 12.4. The molecule has 4 heteroatoms. The molecule has 0 unspecified atom stereocenters. The average Bonchev–Trinajstić information content (AvgIpc) is 2.96. The first-order chi connectivity index (χ1) is 8.15. The standard InChI is InChI=1S/C13H18O4/c1-8(14)17-10-7-5-3-4-6-9-11(10)12(9)13(15)16-2/h5,7,9-12H,3-4,6H2,1-2H3/b7-5-/t9-,10+,11-,12-/m0/s1. The van der Waals surface area contributed by atoms with E-state index in [9.17, 15) is 9.59 Å². The summed E-state index contributed by atoms with van der Waals surface area (Å²) < 4.78 is 10.1. The van der Waals surface area contributed by atoms with Crippen molar-refractivity contribution in [2.24, 2.45) is 17.8 Å². The highest BCUT2D eigenvalue weighted by Gasteiger charge is 2.59. The van der Waals surface area contributed by atoms with Crippen LogP contribution in [0.5, 0.6) is 0 Å². The van der Waals surface area contributed by atoms with Crippen molar-refractivity contribution in [2.75, 3.05) is 7.11 Å². The van der Waals surface area contributed by atoms with Crippen molar-refractivity contribution in [3.63, 3.8) is 0 Å². The van der Waals surface area contributed by atoms with Crippen LogP contribution in [-0.4, -0.2) is 25.2 Å². The summed E-state index contributed by atoms with van der Waals surface area (Å²) in [6, 6.07) is 0. The molecule has 4 nitrogen and oxygen atoms in total. The van der Waals surface area contributed by atoms with Crippen LogP contribution < -0.4 is 0 Å². The number of hydrogen-bond donors (Lipinski definition) is 0. The van der Waals surface area contributed by atoms with Crippen molar-refractivity contribution in [1.29, 1.82) is 0 Å². The molecule has 17 heavy (non-hydrogen) atoms. The molecule has 1 fully saturated rings. The number of carbonyl (C=O) groups is 2. The quantitative estimate of drug-likeness (QED) is 0.542. The van der Waals surface area contributed by atoms with Gasteiger partial charge in [-0.1, -0.05) is 6.08 Å². The van der Waals surface area contributed by atoms with Crippen molar-refractivity contribution >= 4 is 11.9 Å². The molecule has 2 rings (SSSR count). The van der Waals surface area contributed by atoms with Crippen LogP contribution in [-0.2, 0) is 19.1 Å². The van der Waals surface area contributed by atoms with Gasteiger partial charge in [-0.25, -0.2) is 0 Å². The third-order valence-electron chi connectivity index (χ3n) is 3.62. The molecule has 0 aromatic rings. The molecular formula is C13H18O4. The molecule has 0 bridgehead atoms. The second kappa shape index (κ2) is 4.90. The Morgan fingerprint density at radius 3 is 2.76 bits per heavy atom. The van der Waals surface area contributed by atoms with Gasteiger partial charge in [-0.05, 0) is 31.3 Å². The zero-order valence-corrected chi connectivity index (χ0v) is 10.2. The van der Waals surface area contributed by atoms with Crippen LogP contribution in [0.4, 0.5) is 0 Å². The first kappa shape index (κ1) is 12.1. The van der Waals surface area contributed by atoms with E-state index in [0.29, 0.717) is 5.92 Å². The summed E-state index contributed by atoms with van der Waals surface area (Å²) in [6.07, 6.45) is 6.76. The summed E-state index contributed by atoms with van der Waals surface area (Å²) in [5, 5.41) is 0. The van der Waals surface area contributed by atoms with Crippen LogP contribution in [0.1, 0.15) is 26.2 Å². The van der Waals surface area contributed by atoms with E-state index in [1.54, 1.807) is 0 Å². The van der Waals surface area contributed by atoms with Crippen LogP contribution in [0.25, 0.3) is 0 Å². The van der Waals surface area contributed by atoms with E-state index >= 15 is 0 Å². The lowest BCUT2D eigenvalue weighted by molar-refractivity contribution is -0.148. The molecule has 0 aromatic heterocycles. The molecular weight excluding hydrogens is 220 g/mol. The normalized spacial score (nSPS) is 37.1. The Balaban J connectivity index is 2.10. The molecule has 0 radical (unpaired) electrons. The maximum atomic E-state index is 11.6. The highest BCUT2D eigenvalue weighted by Crippen LogP contribution is 2.53. The third kappa shape index (κ3) is 2.51. The van der Waals surface area contributed by atoms with Gasteiger partial charge in [0.05, 0.1) is 13.0 Å². The van der Waals surface area contributed by atoms with Crippen molar-refractivity contribution < 1.29 is 19.1 Å². The minimum atomic E-state index is -0.297. The Morgan fingerprint density at radius 1 is 1.35 bits per heavy atom. The molecule has 0 saturated heterocycles. The van der Waals surface area contributed by atoms with Crippen LogP contribution in [0.3, 0.4) is 0 Å². The fraction of sp³-hybridized carbons (Fsp3) is 0.692.